The average Bonchev–Trinajstić information content (AvgIpc) is 2.47. The minimum Gasteiger partial charge on any atom is -0.464 e. The molecule has 0 atom stereocenters. The zero-order chi connectivity index (χ0) is 10.8. The molecule has 1 aromatic rings. The van der Waals surface area contributed by atoms with Crippen molar-refractivity contribution < 1.29 is 9.53 Å². The number of rotatable bonds is 3. The monoisotopic (exact) mass is 197 g/mol. The minimum absolute atomic E-state index is 0.260. The van der Waals surface area contributed by atoms with E-state index >= 15 is 0 Å². The van der Waals surface area contributed by atoms with Gasteiger partial charge in [-0.1, -0.05) is 5.10 Å². The molecule has 0 N–H and O–H groups in total. The first-order valence-corrected chi connectivity index (χ1v) is 4.54. The van der Waals surface area contributed by atoms with Gasteiger partial charge in [-0.3, -0.25) is 9.36 Å². The fourth-order valence-corrected chi connectivity index (χ4v) is 1.21. The molecule has 0 radical (unpaired) electrons. The standard InChI is InChI=1S/C9H15N3O2/c1-5-14-8-11-10-7(6-13)12(8)9(2,3)4/h6H,5H2,1-4H3. The Labute approximate surface area is 83.1 Å². The first-order valence-electron chi connectivity index (χ1n) is 4.54. The second kappa shape index (κ2) is 3.77. The molecule has 14 heavy (non-hydrogen) atoms. The van der Waals surface area contributed by atoms with E-state index in [9.17, 15) is 4.79 Å². The van der Waals surface area contributed by atoms with Crippen molar-refractivity contribution >= 4 is 6.29 Å². The summed E-state index contributed by atoms with van der Waals surface area (Å²) in [6.45, 7) is 8.26. The Hall–Kier alpha value is -1.39. The van der Waals surface area contributed by atoms with Gasteiger partial charge in [0, 0.05) is 5.54 Å². The molecule has 0 aliphatic heterocycles. The Bertz CT molecular complexity index is 325. The molecule has 0 spiro atoms. The number of nitrogens with zero attached hydrogens (tertiary/aromatic N) is 3. The van der Waals surface area contributed by atoms with Crippen molar-refractivity contribution in [1.29, 1.82) is 0 Å². The molecule has 0 saturated heterocycles. The highest BCUT2D eigenvalue weighted by Gasteiger charge is 2.23. The van der Waals surface area contributed by atoms with Crippen LogP contribution in [0.25, 0.3) is 0 Å². The number of hydrogen-bond donors (Lipinski definition) is 0. The average molecular weight is 197 g/mol. The number of aromatic nitrogens is 3. The summed E-state index contributed by atoms with van der Waals surface area (Å²) < 4.78 is 6.96. The van der Waals surface area contributed by atoms with E-state index in [-0.39, 0.29) is 5.54 Å². The minimum atomic E-state index is -0.260. The second-order valence-corrected chi connectivity index (χ2v) is 3.90. The second-order valence-electron chi connectivity index (χ2n) is 3.90. The zero-order valence-corrected chi connectivity index (χ0v) is 8.94. The van der Waals surface area contributed by atoms with Gasteiger partial charge in [-0.15, -0.1) is 5.10 Å². The van der Waals surface area contributed by atoms with Gasteiger partial charge in [0.1, 0.15) is 0 Å². The van der Waals surface area contributed by atoms with E-state index in [1.165, 1.54) is 0 Å². The van der Waals surface area contributed by atoms with Crippen molar-refractivity contribution in [2.24, 2.45) is 0 Å². The van der Waals surface area contributed by atoms with Crippen molar-refractivity contribution in [2.75, 3.05) is 6.61 Å². The third-order valence-corrected chi connectivity index (χ3v) is 1.71. The summed E-state index contributed by atoms with van der Waals surface area (Å²) in [6.07, 6.45) is 0.681. The molecule has 0 fully saturated rings. The summed E-state index contributed by atoms with van der Waals surface area (Å²) in [5.41, 5.74) is -0.260. The summed E-state index contributed by atoms with van der Waals surface area (Å²) in [5, 5.41) is 7.54. The van der Waals surface area contributed by atoms with E-state index in [1.54, 1.807) is 4.57 Å². The molecule has 5 heteroatoms. The molecule has 0 unspecified atom stereocenters. The SMILES string of the molecule is CCOc1nnc(C=O)n1C(C)(C)C. The lowest BCUT2D eigenvalue weighted by molar-refractivity contribution is 0.110. The molecule has 5 nitrogen and oxygen atoms in total. The van der Waals surface area contributed by atoms with E-state index in [0.717, 1.165) is 0 Å². The lowest BCUT2D eigenvalue weighted by atomic mass is 10.1. The lowest BCUT2D eigenvalue weighted by Gasteiger charge is -2.22. The fraction of sp³-hybridized carbons (Fsp3) is 0.667. The Morgan fingerprint density at radius 2 is 2.07 bits per heavy atom. The van der Waals surface area contributed by atoms with Crippen LogP contribution in [-0.4, -0.2) is 27.7 Å². The maximum atomic E-state index is 10.7. The maximum Gasteiger partial charge on any atom is 0.317 e. The molecule has 1 rings (SSSR count). The Balaban J connectivity index is 3.19. The topological polar surface area (TPSA) is 57.0 Å². The molecular weight excluding hydrogens is 182 g/mol. The number of ether oxygens (including phenoxy) is 1. The van der Waals surface area contributed by atoms with Crippen LogP contribution >= 0.6 is 0 Å². The predicted molar refractivity (Wildman–Crippen MR) is 51.6 cm³/mol. The van der Waals surface area contributed by atoms with E-state index in [4.69, 9.17) is 4.74 Å². The summed E-state index contributed by atoms with van der Waals surface area (Å²) >= 11 is 0. The van der Waals surface area contributed by atoms with Crippen LogP contribution in [0.3, 0.4) is 0 Å². The van der Waals surface area contributed by atoms with E-state index in [0.29, 0.717) is 24.7 Å². The van der Waals surface area contributed by atoms with Gasteiger partial charge in [0.15, 0.2) is 12.1 Å². The van der Waals surface area contributed by atoms with Crippen molar-refractivity contribution in [1.82, 2.24) is 14.8 Å². The van der Waals surface area contributed by atoms with Crippen LogP contribution in [0.4, 0.5) is 0 Å². The van der Waals surface area contributed by atoms with Crippen LogP contribution in [0.2, 0.25) is 0 Å². The van der Waals surface area contributed by atoms with Gasteiger partial charge in [0.25, 0.3) is 0 Å². The van der Waals surface area contributed by atoms with Gasteiger partial charge in [0.05, 0.1) is 6.61 Å². The van der Waals surface area contributed by atoms with E-state index in [2.05, 4.69) is 10.2 Å². The summed E-state index contributed by atoms with van der Waals surface area (Å²) in [6, 6.07) is 0.391. The van der Waals surface area contributed by atoms with Gasteiger partial charge in [-0.2, -0.15) is 0 Å². The van der Waals surface area contributed by atoms with Crippen molar-refractivity contribution in [3.05, 3.63) is 5.82 Å². The predicted octanol–water partition coefficient (Wildman–Crippen LogP) is 1.24. The third kappa shape index (κ3) is 1.92. The van der Waals surface area contributed by atoms with Gasteiger partial charge < -0.3 is 4.74 Å². The molecule has 78 valence electrons. The largest absolute Gasteiger partial charge is 0.464 e. The summed E-state index contributed by atoms with van der Waals surface area (Å²) in [5.74, 6) is 0.293. The van der Waals surface area contributed by atoms with Crippen LogP contribution in [0.15, 0.2) is 0 Å². The van der Waals surface area contributed by atoms with E-state index < -0.39 is 0 Å². The van der Waals surface area contributed by atoms with Gasteiger partial charge in [-0.05, 0) is 27.7 Å². The molecule has 0 aliphatic rings. The Morgan fingerprint density at radius 3 is 2.50 bits per heavy atom. The first kappa shape index (κ1) is 10.7. The smallest absolute Gasteiger partial charge is 0.317 e. The highest BCUT2D eigenvalue weighted by molar-refractivity contribution is 5.69. The van der Waals surface area contributed by atoms with Crippen LogP contribution < -0.4 is 4.74 Å². The number of aldehydes is 1. The molecular formula is C9H15N3O2. The quantitative estimate of drug-likeness (QED) is 0.684. The highest BCUT2D eigenvalue weighted by Crippen LogP contribution is 2.22. The number of hydrogen-bond acceptors (Lipinski definition) is 4. The number of carbonyl (C=O) groups is 1. The lowest BCUT2D eigenvalue weighted by Crippen LogP contribution is -2.25. The third-order valence-electron chi connectivity index (χ3n) is 1.71. The maximum absolute atomic E-state index is 10.7. The first-order chi connectivity index (χ1) is 6.50. The molecule has 0 aromatic carbocycles. The van der Waals surface area contributed by atoms with Gasteiger partial charge in [-0.25, -0.2) is 0 Å². The van der Waals surface area contributed by atoms with Crippen molar-refractivity contribution in [3.8, 4) is 6.01 Å². The number of carbonyl (C=O) groups excluding carboxylic acids is 1. The van der Waals surface area contributed by atoms with Crippen molar-refractivity contribution in [3.63, 3.8) is 0 Å². The normalized spacial score (nSPS) is 11.4. The Kier molecular flexibility index (Phi) is 2.88. The molecule has 1 aromatic heterocycles. The van der Waals surface area contributed by atoms with Crippen molar-refractivity contribution in [2.45, 2.75) is 33.2 Å². The molecule has 0 saturated carbocycles. The Morgan fingerprint density at radius 1 is 1.43 bits per heavy atom. The van der Waals surface area contributed by atoms with Crippen LogP contribution in [0.1, 0.15) is 38.3 Å². The van der Waals surface area contributed by atoms with Crippen LogP contribution in [0.5, 0.6) is 6.01 Å². The molecule has 0 aliphatic carbocycles. The molecule has 0 bridgehead atoms. The van der Waals surface area contributed by atoms with Crippen LogP contribution in [-0.2, 0) is 5.54 Å². The fourth-order valence-electron chi connectivity index (χ4n) is 1.21. The summed E-state index contributed by atoms with van der Waals surface area (Å²) in [4.78, 5) is 10.7. The van der Waals surface area contributed by atoms with Gasteiger partial charge >= 0.3 is 6.01 Å². The zero-order valence-electron chi connectivity index (χ0n) is 8.94. The highest BCUT2D eigenvalue weighted by atomic mass is 16.5. The van der Waals surface area contributed by atoms with E-state index in [1.807, 2.05) is 27.7 Å². The molecule has 1 heterocycles. The molecule has 0 amide bonds. The van der Waals surface area contributed by atoms with Crippen LogP contribution in [0, 0.1) is 0 Å². The summed E-state index contributed by atoms with van der Waals surface area (Å²) in [7, 11) is 0. The van der Waals surface area contributed by atoms with Gasteiger partial charge in [0.2, 0.25) is 0 Å².